The van der Waals surface area contributed by atoms with Crippen molar-refractivity contribution in [3.63, 3.8) is 0 Å². The van der Waals surface area contributed by atoms with E-state index in [9.17, 15) is 14.4 Å². The smallest absolute Gasteiger partial charge is 0.339 e. The molecule has 1 aromatic carbocycles. The fraction of sp³-hybridized carbons (Fsp3) is 0.308. The molecule has 0 radical (unpaired) electrons. The molecule has 1 rings (SSSR count). The molecule has 0 atom stereocenters. The van der Waals surface area contributed by atoms with E-state index in [2.05, 4.69) is 5.32 Å². The molecule has 0 aliphatic carbocycles. The Balaban J connectivity index is 2.73. The van der Waals surface area contributed by atoms with Crippen LogP contribution in [0.25, 0.3) is 0 Å². The quantitative estimate of drug-likeness (QED) is 0.579. The van der Waals surface area contributed by atoms with Crippen molar-refractivity contribution in [3.8, 4) is 0 Å². The number of hydrogen-bond acceptors (Lipinski definition) is 6. The molecule has 0 aliphatic heterocycles. The summed E-state index contributed by atoms with van der Waals surface area (Å²) in [5.41, 5.74) is 5.88. The molecule has 0 aromatic heterocycles. The van der Waals surface area contributed by atoms with E-state index in [1.54, 1.807) is 18.2 Å². The summed E-state index contributed by atoms with van der Waals surface area (Å²) in [5.74, 6) is -0.995. The van der Waals surface area contributed by atoms with Crippen LogP contribution in [-0.4, -0.2) is 42.7 Å². The Morgan fingerprint density at radius 1 is 1.29 bits per heavy atom. The summed E-state index contributed by atoms with van der Waals surface area (Å²) in [6.07, 6.45) is 1.85. The van der Waals surface area contributed by atoms with Gasteiger partial charge in [-0.1, -0.05) is 0 Å². The molecular formula is C13H16N2O4S2. The summed E-state index contributed by atoms with van der Waals surface area (Å²) in [4.78, 5) is 34.7. The van der Waals surface area contributed by atoms with Gasteiger partial charge in [-0.3, -0.25) is 9.59 Å². The van der Waals surface area contributed by atoms with E-state index in [1.165, 1.54) is 18.9 Å². The maximum absolute atomic E-state index is 11.7. The molecule has 3 N–H and O–H groups in total. The highest BCUT2D eigenvalue weighted by Crippen LogP contribution is 2.24. The summed E-state index contributed by atoms with van der Waals surface area (Å²) in [5, 5.41) is 2.66. The van der Waals surface area contributed by atoms with Crippen LogP contribution < -0.4 is 11.1 Å². The second-order valence-electron chi connectivity index (χ2n) is 3.91. The first-order valence-electron chi connectivity index (χ1n) is 5.90. The van der Waals surface area contributed by atoms with E-state index in [4.69, 9.17) is 10.5 Å². The van der Waals surface area contributed by atoms with E-state index >= 15 is 0 Å². The summed E-state index contributed by atoms with van der Waals surface area (Å²) in [6, 6.07) is 5.01. The van der Waals surface area contributed by atoms with E-state index < -0.39 is 11.9 Å². The SMILES string of the molecule is COC(=O)c1cc(NC(=O)CSCC(N)=O)ccc1SC. The standard InChI is InChI=1S/C13H16N2O4S2/c1-19-13(18)9-5-8(3-4-10(9)20-2)15-12(17)7-21-6-11(14)16/h3-5H,6-7H2,1-2H3,(H2,14,16)(H,15,17). The lowest BCUT2D eigenvalue weighted by molar-refractivity contribution is -0.115. The van der Waals surface area contributed by atoms with Gasteiger partial charge in [0.2, 0.25) is 11.8 Å². The first-order chi connectivity index (χ1) is 9.97. The van der Waals surface area contributed by atoms with E-state index in [0.29, 0.717) is 11.3 Å². The van der Waals surface area contributed by atoms with Gasteiger partial charge >= 0.3 is 5.97 Å². The molecule has 114 valence electrons. The lowest BCUT2D eigenvalue weighted by atomic mass is 10.2. The first kappa shape index (κ1) is 17.4. The van der Waals surface area contributed by atoms with Crippen LogP contribution in [0.5, 0.6) is 0 Å². The van der Waals surface area contributed by atoms with Crippen LogP contribution in [0.3, 0.4) is 0 Å². The van der Waals surface area contributed by atoms with Crippen molar-refractivity contribution in [1.29, 1.82) is 0 Å². The molecule has 0 bridgehead atoms. The topological polar surface area (TPSA) is 98.5 Å². The molecular weight excluding hydrogens is 312 g/mol. The minimum atomic E-state index is -0.467. The lowest BCUT2D eigenvalue weighted by Crippen LogP contribution is -2.18. The van der Waals surface area contributed by atoms with Gasteiger partial charge in [-0.05, 0) is 24.5 Å². The van der Waals surface area contributed by atoms with E-state index in [0.717, 1.165) is 16.7 Å². The van der Waals surface area contributed by atoms with Crippen LogP contribution in [0.4, 0.5) is 5.69 Å². The average molecular weight is 328 g/mol. The zero-order valence-electron chi connectivity index (χ0n) is 11.7. The number of methoxy groups -OCH3 is 1. The van der Waals surface area contributed by atoms with Crippen molar-refractivity contribution in [3.05, 3.63) is 23.8 Å². The molecule has 1 aromatic rings. The number of benzene rings is 1. The second kappa shape index (κ2) is 8.58. The molecule has 0 fully saturated rings. The Kier molecular flexibility index (Phi) is 7.10. The van der Waals surface area contributed by atoms with Gasteiger partial charge in [0.1, 0.15) is 0 Å². The third-order valence-corrected chi connectivity index (χ3v) is 4.12. The fourth-order valence-corrected chi connectivity index (χ4v) is 2.62. The van der Waals surface area contributed by atoms with Gasteiger partial charge in [0, 0.05) is 10.6 Å². The van der Waals surface area contributed by atoms with Crippen molar-refractivity contribution in [2.75, 3.05) is 30.2 Å². The van der Waals surface area contributed by atoms with Crippen LogP contribution in [0.15, 0.2) is 23.1 Å². The Morgan fingerprint density at radius 3 is 2.57 bits per heavy atom. The number of thioether (sulfide) groups is 2. The molecule has 21 heavy (non-hydrogen) atoms. The Morgan fingerprint density at radius 2 is 2.00 bits per heavy atom. The van der Waals surface area contributed by atoms with Gasteiger partial charge in [-0.15, -0.1) is 23.5 Å². The number of nitrogens with two attached hydrogens (primary N) is 1. The maximum atomic E-state index is 11.7. The molecule has 0 spiro atoms. The molecule has 2 amide bonds. The van der Waals surface area contributed by atoms with Gasteiger partial charge < -0.3 is 15.8 Å². The summed E-state index contributed by atoms with van der Waals surface area (Å²) < 4.78 is 4.71. The Labute approximate surface area is 131 Å². The van der Waals surface area contributed by atoms with Crippen LogP contribution in [0, 0.1) is 0 Å². The third-order valence-electron chi connectivity index (χ3n) is 2.37. The number of anilines is 1. The summed E-state index contributed by atoms with van der Waals surface area (Å²) in [6.45, 7) is 0. The number of ether oxygens (including phenoxy) is 1. The number of rotatable bonds is 7. The summed E-state index contributed by atoms with van der Waals surface area (Å²) >= 11 is 2.54. The molecule has 0 saturated carbocycles. The van der Waals surface area contributed by atoms with Gasteiger partial charge in [-0.25, -0.2) is 4.79 Å². The predicted molar refractivity (Wildman–Crippen MR) is 84.7 cm³/mol. The van der Waals surface area contributed by atoms with Crippen molar-refractivity contribution in [2.24, 2.45) is 5.73 Å². The van der Waals surface area contributed by atoms with E-state index in [1.807, 2.05) is 6.26 Å². The molecule has 8 heteroatoms. The van der Waals surface area contributed by atoms with Crippen LogP contribution >= 0.6 is 23.5 Å². The van der Waals surface area contributed by atoms with Gasteiger partial charge in [0.05, 0.1) is 24.2 Å². The van der Waals surface area contributed by atoms with Crippen molar-refractivity contribution < 1.29 is 19.1 Å². The van der Waals surface area contributed by atoms with Gasteiger partial charge in [0.15, 0.2) is 0 Å². The minimum absolute atomic E-state index is 0.0895. The number of amides is 2. The lowest BCUT2D eigenvalue weighted by Gasteiger charge is -2.09. The van der Waals surface area contributed by atoms with Crippen LogP contribution in [-0.2, 0) is 14.3 Å². The average Bonchev–Trinajstić information content (AvgIpc) is 2.45. The normalized spacial score (nSPS) is 10.0. The Hall–Kier alpha value is -1.67. The Bertz CT molecular complexity index is 549. The summed E-state index contributed by atoms with van der Waals surface area (Å²) in [7, 11) is 1.30. The third kappa shape index (κ3) is 5.68. The highest BCUT2D eigenvalue weighted by molar-refractivity contribution is 8.00. The maximum Gasteiger partial charge on any atom is 0.339 e. The van der Waals surface area contributed by atoms with Gasteiger partial charge in [0.25, 0.3) is 0 Å². The number of nitrogens with one attached hydrogen (secondary N) is 1. The van der Waals surface area contributed by atoms with Crippen molar-refractivity contribution >= 4 is 47.0 Å². The van der Waals surface area contributed by atoms with Crippen molar-refractivity contribution in [1.82, 2.24) is 0 Å². The van der Waals surface area contributed by atoms with Crippen LogP contribution in [0.2, 0.25) is 0 Å². The molecule has 0 heterocycles. The molecule has 0 aliphatic rings. The number of hydrogen-bond donors (Lipinski definition) is 2. The molecule has 0 unspecified atom stereocenters. The largest absolute Gasteiger partial charge is 0.465 e. The zero-order valence-corrected chi connectivity index (χ0v) is 13.3. The van der Waals surface area contributed by atoms with Gasteiger partial charge in [-0.2, -0.15) is 0 Å². The number of esters is 1. The molecule has 6 nitrogen and oxygen atoms in total. The number of primary amides is 1. The monoisotopic (exact) mass is 328 g/mol. The van der Waals surface area contributed by atoms with E-state index in [-0.39, 0.29) is 17.4 Å². The van der Waals surface area contributed by atoms with Crippen LogP contribution in [0.1, 0.15) is 10.4 Å². The second-order valence-corrected chi connectivity index (χ2v) is 5.75. The highest BCUT2D eigenvalue weighted by Gasteiger charge is 2.13. The first-order valence-corrected chi connectivity index (χ1v) is 8.28. The molecule has 0 saturated heterocycles. The number of carbonyl (C=O) groups is 3. The predicted octanol–water partition coefficient (Wildman–Crippen LogP) is 1.35. The highest BCUT2D eigenvalue weighted by atomic mass is 32.2. The van der Waals surface area contributed by atoms with Crippen molar-refractivity contribution in [2.45, 2.75) is 4.90 Å². The zero-order chi connectivity index (χ0) is 15.8. The number of carbonyl (C=O) groups excluding carboxylic acids is 3. The fourth-order valence-electron chi connectivity index (χ4n) is 1.50. The minimum Gasteiger partial charge on any atom is -0.465 e.